The quantitative estimate of drug-likeness (QED) is 0.207. The molecule has 0 bridgehead atoms. The van der Waals surface area contributed by atoms with E-state index >= 15 is 0 Å². The number of Topliss-reactive ketones (excluding diaryl/α,β-unsaturated/α-hetero) is 1. The molecule has 1 amide bonds. The fourth-order valence-electron chi connectivity index (χ4n) is 4.27. The van der Waals surface area contributed by atoms with E-state index in [1.54, 1.807) is 49.6 Å². The number of nitriles is 1. The van der Waals surface area contributed by atoms with Crippen molar-refractivity contribution in [3.63, 3.8) is 0 Å². The highest BCUT2D eigenvalue weighted by Gasteiger charge is 2.33. The lowest BCUT2D eigenvalue weighted by atomic mass is 9.99. The Kier molecular flexibility index (Phi) is 9.10. The number of pyridine rings is 1. The third-order valence-corrected chi connectivity index (χ3v) is 8.10. The highest BCUT2D eigenvalue weighted by molar-refractivity contribution is 8.26. The Balaban J connectivity index is 1.53. The number of amides is 1. The molecule has 1 saturated heterocycles. The van der Waals surface area contributed by atoms with E-state index in [4.69, 9.17) is 28.6 Å². The monoisotopic (exact) mass is 593 g/mol. The number of aromatic hydroxyl groups is 1. The molecule has 40 heavy (non-hydrogen) atoms. The second kappa shape index (κ2) is 12.5. The Morgan fingerprint density at radius 1 is 1.15 bits per heavy atom. The smallest absolute Gasteiger partial charge is 0.271 e. The summed E-state index contributed by atoms with van der Waals surface area (Å²) in [7, 11) is 1.56. The lowest BCUT2D eigenvalue weighted by Gasteiger charge is -2.17. The van der Waals surface area contributed by atoms with Gasteiger partial charge in [-0.05, 0) is 60.4 Å². The second-order valence-electron chi connectivity index (χ2n) is 8.92. The number of rotatable bonds is 9. The highest BCUT2D eigenvalue weighted by atomic mass is 35.5. The van der Waals surface area contributed by atoms with E-state index in [2.05, 4.69) is 0 Å². The number of carbonyl (C=O) groups is 2. The van der Waals surface area contributed by atoms with Gasteiger partial charge >= 0.3 is 0 Å². The van der Waals surface area contributed by atoms with Crippen molar-refractivity contribution in [1.29, 1.82) is 5.26 Å². The van der Waals surface area contributed by atoms with Crippen molar-refractivity contribution in [2.45, 2.75) is 26.3 Å². The zero-order valence-electron chi connectivity index (χ0n) is 21.6. The summed E-state index contributed by atoms with van der Waals surface area (Å²) in [5.41, 5.74) is 0.749. The maximum Gasteiger partial charge on any atom is 0.271 e. The van der Waals surface area contributed by atoms with Gasteiger partial charge in [-0.1, -0.05) is 59.8 Å². The number of hydrogen-bond donors (Lipinski definition) is 1. The van der Waals surface area contributed by atoms with Crippen molar-refractivity contribution in [1.82, 2.24) is 9.47 Å². The van der Waals surface area contributed by atoms with Crippen LogP contribution in [0.3, 0.4) is 0 Å². The summed E-state index contributed by atoms with van der Waals surface area (Å²) in [5, 5.41) is 21.2. The van der Waals surface area contributed by atoms with Crippen LogP contribution in [0.15, 0.2) is 58.2 Å². The Morgan fingerprint density at radius 3 is 2.45 bits per heavy atom. The van der Waals surface area contributed by atoms with E-state index in [1.807, 2.05) is 18.2 Å². The first-order chi connectivity index (χ1) is 19.1. The average molecular weight is 594 g/mol. The number of benzene rings is 2. The van der Waals surface area contributed by atoms with E-state index in [1.165, 1.54) is 11.8 Å². The van der Waals surface area contributed by atoms with Crippen LogP contribution in [-0.2, 0) is 17.8 Å². The molecule has 1 N–H and O–H groups in total. The maximum atomic E-state index is 13.3. The molecule has 1 aliphatic heterocycles. The zero-order valence-corrected chi connectivity index (χ0v) is 24.0. The Hall–Kier alpha value is -3.91. The van der Waals surface area contributed by atoms with Gasteiger partial charge in [0.15, 0.2) is 5.78 Å². The summed E-state index contributed by atoms with van der Waals surface area (Å²) in [4.78, 5) is 41.0. The van der Waals surface area contributed by atoms with Crippen molar-refractivity contribution >= 4 is 57.7 Å². The first kappa shape index (κ1) is 29.1. The molecular weight excluding hydrogens is 570 g/mol. The summed E-state index contributed by atoms with van der Waals surface area (Å²) in [6.45, 7) is 1.48. The standard InChI is InChI=1S/C29H24ClN3O5S2/c1-17-22(16-31)26(35)32(13-11-18-5-9-21(38-2)10-6-18)28(37)25(17)23(34)12-14-33-27(36)24(40-29(33)39)15-19-3-7-20(30)8-4-19/h3-10,15,37H,11-14H2,1-2H3/b24-15-. The summed E-state index contributed by atoms with van der Waals surface area (Å²) in [6, 6.07) is 16.1. The molecule has 1 aromatic heterocycles. The van der Waals surface area contributed by atoms with Crippen molar-refractivity contribution < 1.29 is 19.4 Å². The van der Waals surface area contributed by atoms with E-state index < -0.39 is 17.2 Å². The van der Waals surface area contributed by atoms with Crippen LogP contribution in [0.5, 0.6) is 11.6 Å². The van der Waals surface area contributed by atoms with Crippen molar-refractivity contribution in [3.05, 3.63) is 96.6 Å². The third-order valence-electron chi connectivity index (χ3n) is 6.47. The van der Waals surface area contributed by atoms with Crippen LogP contribution in [0, 0.1) is 18.3 Å². The van der Waals surface area contributed by atoms with Gasteiger partial charge in [0, 0.05) is 24.5 Å². The largest absolute Gasteiger partial charge is 0.497 e. The molecule has 0 aliphatic carbocycles. The van der Waals surface area contributed by atoms with Crippen molar-refractivity contribution in [3.8, 4) is 17.7 Å². The van der Waals surface area contributed by atoms with Gasteiger partial charge in [0.05, 0.1) is 17.6 Å². The summed E-state index contributed by atoms with van der Waals surface area (Å²) >= 11 is 12.4. The molecule has 3 aromatic rings. The topological polar surface area (TPSA) is 113 Å². The van der Waals surface area contributed by atoms with Crippen LogP contribution in [0.2, 0.25) is 5.02 Å². The Morgan fingerprint density at radius 2 is 1.82 bits per heavy atom. The number of thiocarbonyl (C=S) groups is 1. The second-order valence-corrected chi connectivity index (χ2v) is 11.0. The van der Waals surface area contributed by atoms with Gasteiger partial charge in [-0.15, -0.1) is 0 Å². The predicted octanol–water partition coefficient (Wildman–Crippen LogP) is 5.11. The number of nitrogens with zero attached hydrogens (tertiary/aromatic N) is 3. The molecule has 0 atom stereocenters. The van der Waals surface area contributed by atoms with E-state index in [0.717, 1.165) is 27.5 Å². The molecule has 0 spiro atoms. The fraction of sp³-hybridized carbons (Fsp3) is 0.207. The first-order valence-electron chi connectivity index (χ1n) is 12.2. The molecule has 0 radical (unpaired) electrons. The van der Waals surface area contributed by atoms with Crippen LogP contribution in [0.1, 0.15) is 39.0 Å². The summed E-state index contributed by atoms with van der Waals surface area (Å²) < 4.78 is 6.50. The number of carbonyl (C=O) groups excluding carboxylic acids is 2. The minimum atomic E-state index is -0.674. The number of halogens is 1. The highest BCUT2D eigenvalue weighted by Crippen LogP contribution is 2.33. The van der Waals surface area contributed by atoms with Crippen LogP contribution in [-0.4, -0.2) is 44.2 Å². The molecule has 0 saturated carbocycles. The lowest BCUT2D eigenvalue weighted by Crippen LogP contribution is -2.31. The summed E-state index contributed by atoms with van der Waals surface area (Å²) in [5.74, 6) is -0.671. The lowest BCUT2D eigenvalue weighted by molar-refractivity contribution is -0.122. The molecule has 1 fully saturated rings. The number of hydrogen-bond acceptors (Lipinski definition) is 8. The van der Waals surface area contributed by atoms with Crippen molar-refractivity contribution in [2.24, 2.45) is 0 Å². The Labute approximate surface area is 245 Å². The number of ketones is 1. The molecule has 4 rings (SSSR count). The van der Waals surface area contributed by atoms with Gasteiger partial charge in [0.2, 0.25) is 5.88 Å². The van der Waals surface area contributed by atoms with Gasteiger partial charge in [-0.3, -0.25) is 23.9 Å². The molecule has 2 aromatic carbocycles. The number of thioether (sulfide) groups is 1. The van der Waals surface area contributed by atoms with Gasteiger partial charge in [-0.25, -0.2) is 0 Å². The predicted molar refractivity (Wildman–Crippen MR) is 159 cm³/mol. The minimum absolute atomic E-state index is 0.0206. The Bertz CT molecular complexity index is 1620. The zero-order chi connectivity index (χ0) is 29.0. The van der Waals surface area contributed by atoms with Crippen LogP contribution < -0.4 is 10.3 Å². The maximum absolute atomic E-state index is 13.3. The van der Waals surface area contributed by atoms with Crippen LogP contribution >= 0.6 is 35.6 Å². The normalized spacial score (nSPS) is 14.1. The number of aryl methyl sites for hydroxylation is 1. The minimum Gasteiger partial charge on any atom is -0.497 e. The van der Waals surface area contributed by atoms with Gasteiger partial charge in [0.1, 0.15) is 21.7 Å². The third kappa shape index (κ3) is 6.12. The van der Waals surface area contributed by atoms with Crippen molar-refractivity contribution in [2.75, 3.05) is 13.7 Å². The molecular formula is C29H24ClN3O5S2. The number of ether oxygens (including phenoxy) is 1. The van der Waals surface area contributed by atoms with E-state index in [-0.39, 0.29) is 42.1 Å². The number of aromatic nitrogens is 1. The first-order valence-corrected chi connectivity index (χ1v) is 13.8. The van der Waals surface area contributed by atoms with Gasteiger partial charge in [-0.2, -0.15) is 5.26 Å². The fourth-order valence-corrected chi connectivity index (χ4v) is 5.70. The van der Waals surface area contributed by atoms with Gasteiger partial charge in [0.25, 0.3) is 11.5 Å². The average Bonchev–Trinajstić information content (AvgIpc) is 3.20. The van der Waals surface area contributed by atoms with E-state index in [0.29, 0.717) is 26.4 Å². The van der Waals surface area contributed by atoms with Crippen LogP contribution in [0.25, 0.3) is 6.08 Å². The van der Waals surface area contributed by atoms with Gasteiger partial charge < -0.3 is 9.84 Å². The molecule has 8 nitrogen and oxygen atoms in total. The SMILES string of the molecule is COc1ccc(CCn2c(O)c(C(=O)CCN3C(=O)/C(=C/c4ccc(Cl)cc4)SC3=S)c(C)c(C#N)c2=O)cc1. The molecule has 204 valence electrons. The molecule has 2 heterocycles. The number of methoxy groups -OCH3 is 1. The molecule has 11 heteroatoms. The van der Waals surface area contributed by atoms with Crippen LogP contribution in [0.4, 0.5) is 0 Å². The van der Waals surface area contributed by atoms with E-state index in [9.17, 15) is 24.8 Å². The molecule has 1 aliphatic rings. The molecule has 0 unspecified atom stereocenters. The summed E-state index contributed by atoms with van der Waals surface area (Å²) in [6.07, 6.45) is 1.90.